The van der Waals surface area contributed by atoms with Gasteiger partial charge in [-0.3, -0.25) is 10.1 Å². The highest BCUT2D eigenvalue weighted by atomic mass is 35.5. The number of rotatable bonds is 5. The third kappa shape index (κ3) is 3.61. The fourth-order valence-electron chi connectivity index (χ4n) is 1.77. The molecule has 0 amide bonds. The van der Waals surface area contributed by atoms with Crippen molar-refractivity contribution in [3.8, 4) is 5.75 Å². The zero-order valence-corrected chi connectivity index (χ0v) is 11.9. The first-order valence-corrected chi connectivity index (χ1v) is 6.42. The van der Waals surface area contributed by atoms with Gasteiger partial charge in [0.05, 0.1) is 9.95 Å². The van der Waals surface area contributed by atoms with Gasteiger partial charge in [-0.15, -0.1) is 0 Å². The van der Waals surface area contributed by atoms with E-state index in [0.717, 1.165) is 5.56 Å². The Balaban J connectivity index is 2.13. The SMILES string of the molecule is CNc1cc(COc2ccc(F)c(Cl)c2)ccc1[N+](=O)[O-]. The van der Waals surface area contributed by atoms with Gasteiger partial charge in [0.25, 0.3) is 5.69 Å². The number of benzene rings is 2. The fourth-order valence-corrected chi connectivity index (χ4v) is 1.94. The van der Waals surface area contributed by atoms with E-state index < -0.39 is 10.7 Å². The van der Waals surface area contributed by atoms with Crippen LogP contribution in [-0.4, -0.2) is 12.0 Å². The number of nitro benzene ring substituents is 1. The van der Waals surface area contributed by atoms with Gasteiger partial charge in [-0.1, -0.05) is 11.6 Å². The monoisotopic (exact) mass is 310 g/mol. The number of ether oxygens (including phenoxy) is 1. The minimum Gasteiger partial charge on any atom is -0.489 e. The van der Waals surface area contributed by atoms with Crippen molar-refractivity contribution in [3.05, 3.63) is 62.9 Å². The van der Waals surface area contributed by atoms with Gasteiger partial charge in [-0.2, -0.15) is 0 Å². The third-order valence-electron chi connectivity index (χ3n) is 2.82. The molecule has 21 heavy (non-hydrogen) atoms. The van der Waals surface area contributed by atoms with Crippen LogP contribution in [0, 0.1) is 15.9 Å². The number of anilines is 1. The summed E-state index contributed by atoms with van der Waals surface area (Å²) in [6.45, 7) is 0.189. The third-order valence-corrected chi connectivity index (χ3v) is 3.11. The molecule has 0 spiro atoms. The molecule has 2 rings (SSSR count). The summed E-state index contributed by atoms with van der Waals surface area (Å²) >= 11 is 5.66. The largest absolute Gasteiger partial charge is 0.489 e. The van der Waals surface area contributed by atoms with Gasteiger partial charge in [-0.05, 0) is 29.8 Å². The molecule has 0 bridgehead atoms. The predicted molar refractivity (Wildman–Crippen MR) is 78.4 cm³/mol. The van der Waals surface area contributed by atoms with Crippen LogP contribution in [0.4, 0.5) is 15.8 Å². The second kappa shape index (κ2) is 6.41. The zero-order chi connectivity index (χ0) is 15.4. The van der Waals surface area contributed by atoms with E-state index in [1.54, 1.807) is 19.2 Å². The molecule has 0 aliphatic carbocycles. The molecule has 0 saturated heterocycles. The quantitative estimate of drug-likeness (QED) is 0.669. The molecule has 1 N–H and O–H groups in total. The van der Waals surface area contributed by atoms with Crippen molar-refractivity contribution in [2.45, 2.75) is 6.61 Å². The number of nitrogens with one attached hydrogen (secondary N) is 1. The van der Waals surface area contributed by atoms with Gasteiger partial charge in [-0.25, -0.2) is 4.39 Å². The molecular weight excluding hydrogens is 299 g/mol. The van der Waals surface area contributed by atoms with E-state index in [2.05, 4.69) is 5.32 Å². The second-order valence-electron chi connectivity index (χ2n) is 4.22. The van der Waals surface area contributed by atoms with Gasteiger partial charge in [0, 0.05) is 19.2 Å². The standard InChI is InChI=1S/C14H12ClFN2O3/c1-17-13-6-9(2-5-14(13)18(19)20)8-21-10-3-4-12(16)11(15)7-10/h2-7,17H,8H2,1H3. The summed E-state index contributed by atoms with van der Waals surface area (Å²) < 4.78 is 18.5. The Labute approximate surface area is 125 Å². The molecule has 0 aromatic heterocycles. The first kappa shape index (κ1) is 15.1. The first-order valence-electron chi connectivity index (χ1n) is 6.04. The van der Waals surface area contributed by atoms with Crippen LogP contribution in [0.2, 0.25) is 5.02 Å². The average Bonchev–Trinajstić information content (AvgIpc) is 2.48. The smallest absolute Gasteiger partial charge is 0.292 e. The Morgan fingerprint density at radius 1 is 1.33 bits per heavy atom. The van der Waals surface area contributed by atoms with Crippen molar-refractivity contribution < 1.29 is 14.1 Å². The van der Waals surface area contributed by atoms with E-state index in [0.29, 0.717) is 11.4 Å². The molecule has 2 aromatic rings. The lowest BCUT2D eigenvalue weighted by atomic mass is 10.2. The minimum absolute atomic E-state index is 0.00826. The van der Waals surface area contributed by atoms with Crippen molar-refractivity contribution in [1.82, 2.24) is 0 Å². The van der Waals surface area contributed by atoms with Crippen LogP contribution in [0.25, 0.3) is 0 Å². The summed E-state index contributed by atoms with van der Waals surface area (Å²) in [6.07, 6.45) is 0. The van der Waals surface area contributed by atoms with Crippen molar-refractivity contribution in [2.24, 2.45) is 0 Å². The van der Waals surface area contributed by atoms with Gasteiger partial charge < -0.3 is 10.1 Å². The van der Waals surface area contributed by atoms with Crippen LogP contribution in [0.1, 0.15) is 5.56 Å². The Hall–Kier alpha value is -2.34. The molecule has 0 heterocycles. The highest BCUT2D eigenvalue weighted by molar-refractivity contribution is 6.30. The lowest BCUT2D eigenvalue weighted by Crippen LogP contribution is -2.00. The average molecular weight is 311 g/mol. The molecule has 110 valence electrons. The van der Waals surface area contributed by atoms with Crippen LogP contribution in [0.3, 0.4) is 0 Å². The molecule has 0 aliphatic rings. The van der Waals surface area contributed by atoms with Crippen LogP contribution >= 0.6 is 11.6 Å². The molecule has 0 aliphatic heterocycles. The zero-order valence-electron chi connectivity index (χ0n) is 11.1. The molecule has 0 atom stereocenters. The second-order valence-corrected chi connectivity index (χ2v) is 4.63. The van der Waals surface area contributed by atoms with Gasteiger partial charge in [0.15, 0.2) is 0 Å². The molecule has 0 radical (unpaired) electrons. The van der Waals surface area contributed by atoms with Gasteiger partial charge in [0.1, 0.15) is 23.9 Å². The topological polar surface area (TPSA) is 64.4 Å². The van der Waals surface area contributed by atoms with E-state index in [9.17, 15) is 14.5 Å². The van der Waals surface area contributed by atoms with Crippen molar-refractivity contribution in [2.75, 3.05) is 12.4 Å². The Morgan fingerprint density at radius 3 is 2.71 bits per heavy atom. The number of hydrogen-bond donors (Lipinski definition) is 1. The number of nitrogens with zero attached hydrogens (tertiary/aromatic N) is 1. The summed E-state index contributed by atoms with van der Waals surface area (Å²) in [5.41, 5.74) is 1.13. The van der Waals surface area contributed by atoms with Crippen LogP contribution in [0.5, 0.6) is 5.75 Å². The van der Waals surface area contributed by atoms with Crippen molar-refractivity contribution in [3.63, 3.8) is 0 Å². The Kier molecular flexibility index (Phi) is 4.59. The van der Waals surface area contributed by atoms with E-state index in [1.807, 2.05) is 0 Å². The molecule has 2 aromatic carbocycles. The maximum absolute atomic E-state index is 13.0. The maximum atomic E-state index is 13.0. The molecule has 7 heteroatoms. The summed E-state index contributed by atoms with van der Waals surface area (Å²) in [4.78, 5) is 10.4. The van der Waals surface area contributed by atoms with Crippen molar-refractivity contribution >= 4 is 23.0 Å². The van der Waals surface area contributed by atoms with Crippen molar-refractivity contribution in [1.29, 1.82) is 0 Å². The summed E-state index contributed by atoms with van der Waals surface area (Å²) in [5.74, 6) is -0.0948. The van der Waals surface area contributed by atoms with Crippen LogP contribution in [0.15, 0.2) is 36.4 Å². The summed E-state index contributed by atoms with van der Waals surface area (Å²) in [7, 11) is 1.60. The van der Waals surface area contributed by atoms with E-state index >= 15 is 0 Å². The summed E-state index contributed by atoms with van der Waals surface area (Å²) in [6, 6.07) is 8.69. The lowest BCUT2D eigenvalue weighted by molar-refractivity contribution is -0.384. The highest BCUT2D eigenvalue weighted by Crippen LogP contribution is 2.26. The minimum atomic E-state index is -0.517. The van der Waals surface area contributed by atoms with E-state index in [1.165, 1.54) is 24.3 Å². The number of halogens is 2. The molecular formula is C14H12ClFN2O3. The van der Waals surface area contributed by atoms with Crippen LogP contribution in [-0.2, 0) is 6.61 Å². The number of hydrogen-bond acceptors (Lipinski definition) is 4. The Bertz CT molecular complexity index is 679. The van der Waals surface area contributed by atoms with Gasteiger partial charge in [0.2, 0.25) is 0 Å². The number of nitro groups is 1. The predicted octanol–water partition coefficient (Wildman–Crippen LogP) is 4.01. The highest BCUT2D eigenvalue weighted by Gasteiger charge is 2.13. The maximum Gasteiger partial charge on any atom is 0.292 e. The lowest BCUT2D eigenvalue weighted by Gasteiger charge is -2.09. The normalized spacial score (nSPS) is 10.2. The van der Waals surface area contributed by atoms with E-state index in [-0.39, 0.29) is 17.3 Å². The molecule has 0 fully saturated rings. The van der Waals surface area contributed by atoms with E-state index in [4.69, 9.17) is 16.3 Å². The van der Waals surface area contributed by atoms with Gasteiger partial charge >= 0.3 is 0 Å². The molecule has 0 saturated carbocycles. The Morgan fingerprint density at radius 2 is 2.10 bits per heavy atom. The molecule has 5 nitrogen and oxygen atoms in total. The van der Waals surface area contributed by atoms with Crippen LogP contribution < -0.4 is 10.1 Å². The molecule has 0 unspecified atom stereocenters. The first-order chi connectivity index (χ1) is 10.0. The fraction of sp³-hybridized carbons (Fsp3) is 0.143. The summed E-state index contributed by atoms with van der Waals surface area (Å²) in [5, 5.41) is 13.6.